The molecule has 0 saturated carbocycles. The van der Waals surface area contributed by atoms with Gasteiger partial charge in [-0.3, -0.25) is 4.31 Å². The first kappa shape index (κ1) is 17.5. The van der Waals surface area contributed by atoms with Gasteiger partial charge in [0.15, 0.2) is 0 Å². The van der Waals surface area contributed by atoms with Crippen molar-refractivity contribution in [1.82, 2.24) is 4.31 Å². The van der Waals surface area contributed by atoms with E-state index in [1.807, 2.05) is 25.1 Å². The highest BCUT2D eigenvalue weighted by Crippen LogP contribution is 2.28. The molecule has 0 bridgehead atoms. The Bertz CT molecular complexity index is 734. The number of hydrogen-bond acceptors (Lipinski definition) is 2. The Labute approximate surface area is 140 Å². The van der Waals surface area contributed by atoms with Crippen molar-refractivity contribution in [3.05, 3.63) is 65.4 Å². The molecule has 0 amide bonds. The van der Waals surface area contributed by atoms with E-state index in [1.165, 1.54) is 9.88 Å². The first-order valence-corrected chi connectivity index (χ1v) is 9.51. The number of aryl methyl sites for hydroxylation is 1. The molecule has 1 heterocycles. The Morgan fingerprint density at radius 2 is 1.78 bits per heavy atom. The van der Waals surface area contributed by atoms with Crippen LogP contribution in [-0.4, -0.2) is 19.3 Å². The second kappa shape index (κ2) is 7.18. The van der Waals surface area contributed by atoms with Crippen LogP contribution in [0.4, 0.5) is 0 Å². The van der Waals surface area contributed by atoms with Crippen molar-refractivity contribution in [2.45, 2.75) is 44.9 Å². The molecule has 0 atom stereocenters. The third-order valence-electron chi connectivity index (χ3n) is 4.28. The van der Waals surface area contributed by atoms with Gasteiger partial charge in [0.2, 0.25) is 0 Å². The molecule has 0 spiro atoms. The summed E-state index contributed by atoms with van der Waals surface area (Å²) in [4.78, 5) is 0.331. The number of benzene rings is 1. The van der Waals surface area contributed by atoms with Crippen molar-refractivity contribution in [3.8, 4) is 0 Å². The Balaban J connectivity index is 2.38. The molecular weight excluding hydrogens is 306 g/mol. The number of rotatable bonds is 4. The second-order valence-electron chi connectivity index (χ2n) is 5.82. The van der Waals surface area contributed by atoms with E-state index < -0.39 is 10.0 Å². The van der Waals surface area contributed by atoms with Gasteiger partial charge in [0.05, 0.1) is 4.90 Å². The standard InChI is InChI=1S/C19H25NO2S/c1-5-17(6-2)19-12-14-20(13-11-16(19)4)23(21,22)18-9-7-15(3)8-10-18/h7-10,12,14H,4-6,11,13H2,1-3H3. The summed E-state index contributed by atoms with van der Waals surface area (Å²) in [6.07, 6.45) is 6.16. The van der Waals surface area contributed by atoms with Crippen LogP contribution in [0.5, 0.6) is 0 Å². The Morgan fingerprint density at radius 3 is 2.35 bits per heavy atom. The fourth-order valence-electron chi connectivity index (χ4n) is 2.77. The summed E-state index contributed by atoms with van der Waals surface area (Å²) >= 11 is 0. The lowest BCUT2D eigenvalue weighted by Gasteiger charge is -2.19. The maximum absolute atomic E-state index is 12.8. The van der Waals surface area contributed by atoms with Crippen LogP contribution in [0.15, 0.2) is 64.7 Å². The molecule has 23 heavy (non-hydrogen) atoms. The molecule has 0 fully saturated rings. The van der Waals surface area contributed by atoms with E-state index in [1.54, 1.807) is 18.3 Å². The zero-order chi connectivity index (χ0) is 17.0. The monoisotopic (exact) mass is 331 g/mol. The molecular formula is C19H25NO2S. The lowest BCUT2D eigenvalue weighted by Crippen LogP contribution is -2.26. The van der Waals surface area contributed by atoms with E-state index in [-0.39, 0.29) is 0 Å². The van der Waals surface area contributed by atoms with Crippen LogP contribution in [0, 0.1) is 6.92 Å². The topological polar surface area (TPSA) is 37.4 Å². The van der Waals surface area contributed by atoms with Crippen LogP contribution in [0.3, 0.4) is 0 Å². The predicted octanol–water partition coefficient (Wildman–Crippen LogP) is 4.58. The van der Waals surface area contributed by atoms with Gasteiger partial charge in [0.1, 0.15) is 0 Å². The molecule has 0 radical (unpaired) electrons. The fourth-order valence-corrected chi connectivity index (χ4v) is 4.08. The van der Waals surface area contributed by atoms with E-state index in [9.17, 15) is 8.42 Å². The lowest BCUT2D eigenvalue weighted by atomic mass is 9.96. The van der Waals surface area contributed by atoms with Gasteiger partial charge >= 0.3 is 0 Å². The maximum Gasteiger partial charge on any atom is 0.263 e. The second-order valence-corrected chi connectivity index (χ2v) is 7.71. The van der Waals surface area contributed by atoms with Crippen LogP contribution in [0.25, 0.3) is 0 Å². The Hall–Kier alpha value is -1.81. The summed E-state index contributed by atoms with van der Waals surface area (Å²) in [5.41, 5.74) is 4.49. The zero-order valence-corrected chi connectivity index (χ0v) is 15.0. The molecule has 0 aliphatic carbocycles. The summed E-state index contributed by atoms with van der Waals surface area (Å²) < 4.78 is 27.0. The summed E-state index contributed by atoms with van der Waals surface area (Å²) in [5.74, 6) is 0. The smallest absolute Gasteiger partial charge is 0.263 e. The van der Waals surface area contributed by atoms with Crippen LogP contribution < -0.4 is 0 Å². The molecule has 1 aromatic rings. The van der Waals surface area contributed by atoms with Crippen molar-refractivity contribution in [2.24, 2.45) is 0 Å². The summed E-state index contributed by atoms with van der Waals surface area (Å²) in [6, 6.07) is 6.98. The highest BCUT2D eigenvalue weighted by Gasteiger charge is 2.23. The van der Waals surface area contributed by atoms with Crippen molar-refractivity contribution < 1.29 is 8.42 Å². The van der Waals surface area contributed by atoms with Gasteiger partial charge in [-0.05, 0) is 55.5 Å². The Kier molecular flexibility index (Phi) is 5.47. The average molecular weight is 331 g/mol. The highest BCUT2D eigenvalue weighted by atomic mass is 32.2. The number of sulfonamides is 1. The predicted molar refractivity (Wildman–Crippen MR) is 95.6 cm³/mol. The number of hydrogen-bond donors (Lipinski definition) is 0. The molecule has 4 heteroatoms. The number of nitrogens with zero attached hydrogens (tertiary/aromatic N) is 1. The summed E-state index contributed by atoms with van der Waals surface area (Å²) in [7, 11) is -3.51. The highest BCUT2D eigenvalue weighted by molar-refractivity contribution is 7.89. The molecule has 1 aliphatic heterocycles. The first-order chi connectivity index (χ1) is 10.9. The molecule has 0 unspecified atom stereocenters. The lowest BCUT2D eigenvalue weighted by molar-refractivity contribution is 0.502. The van der Waals surface area contributed by atoms with Crippen LogP contribution >= 0.6 is 0 Å². The molecule has 0 saturated heterocycles. The van der Waals surface area contributed by atoms with Crippen LogP contribution in [-0.2, 0) is 10.0 Å². The summed E-state index contributed by atoms with van der Waals surface area (Å²) in [6.45, 7) is 10.8. The fraction of sp³-hybridized carbons (Fsp3) is 0.368. The van der Waals surface area contributed by atoms with Crippen LogP contribution in [0.2, 0.25) is 0 Å². The SMILES string of the molecule is C=C1CCN(S(=O)(=O)c2ccc(C)cc2)C=CC1=C(CC)CC. The Morgan fingerprint density at radius 1 is 1.17 bits per heavy atom. The van der Waals surface area contributed by atoms with Crippen molar-refractivity contribution in [3.63, 3.8) is 0 Å². The zero-order valence-electron chi connectivity index (χ0n) is 14.2. The third-order valence-corrected chi connectivity index (χ3v) is 6.07. The molecule has 3 nitrogen and oxygen atoms in total. The summed E-state index contributed by atoms with van der Waals surface area (Å²) in [5, 5.41) is 0. The van der Waals surface area contributed by atoms with Crippen molar-refractivity contribution in [1.29, 1.82) is 0 Å². The van der Waals surface area contributed by atoms with E-state index in [2.05, 4.69) is 20.4 Å². The molecule has 0 aromatic heterocycles. The van der Waals surface area contributed by atoms with Gasteiger partial charge in [-0.25, -0.2) is 8.42 Å². The molecule has 124 valence electrons. The normalized spacial score (nSPS) is 15.7. The van der Waals surface area contributed by atoms with Gasteiger partial charge in [0.25, 0.3) is 10.0 Å². The van der Waals surface area contributed by atoms with Gasteiger partial charge in [-0.1, -0.05) is 43.7 Å². The number of allylic oxidation sites excluding steroid dienone is 3. The van der Waals surface area contributed by atoms with E-state index in [4.69, 9.17) is 0 Å². The molecule has 0 N–H and O–H groups in total. The van der Waals surface area contributed by atoms with E-state index >= 15 is 0 Å². The van der Waals surface area contributed by atoms with E-state index in [0.717, 1.165) is 29.6 Å². The molecule has 1 aromatic carbocycles. The minimum absolute atomic E-state index is 0.331. The van der Waals surface area contributed by atoms with E-state index in [0.29, 0.717) is 17.9 Å². The maximum atomic E-state index is 12.8. The largest absolute Gasteiger partial charge is 0.273 e. The van der Waals surface area contributed by atoms with Gasteiger partial charge in [-0.2, -0.15) is 0 Å². The molecule has 2 rings (SSSR count). The average Bonchev–Trinajstić information content (AvgIpc) is 2.72. The van der Waals surface area contributed by atoms with Gasteiger partial charge in [-0.15, -0.1) is 0 Å². The minimum Gasteiger partial charge on any atom is -0.273 e. The third kappa shape index (κ3) is 3.75. The van der Waals surface area contributed by atoms with Crippen LogP contribution in [0.1, 0.15) is 38.7 Å². The molecule has 1 aliphatic rings. The van der Waals surface area contributed by atoms with Crippen molar-refractivity contribution >= 4 is 10.0 Å². The van der Waals surface area contributed by atoms with Gasteiger partial charge < -0.3 is 0 Å². The quantitative estimate of drug-likeness (QED) is 0.810. The minimum atomic E-state index is -3.51. The first-order valence-electron chi connectivity index (χ1n) is 8.07. The van der Waals surface area contributed by atoms with Gasteiger partial charge in [0, 0.05) is 12.7 Å². The van der Waals surface area contributed by atoms with Crippen molar-refractivity contribution in [2.75, 3.05) is 6.54 Å².